The lowest BCUT2D eigenvalue weighted by Gasteiger charge is -2.20. The molecule has 2 aromatic carbocycles. The number of para-hydroxylation sites is 1. The van der Waals surface area contributed by atoms with Crippen LogP contribution in [0.15, 0.2) is 59.5 Å². The van der Waals surface area contributed by atoms with Crippen molar-refractivity contribution in [2.24, 2.45) is 0 Å². The number of hydrogen-bond donors (Lipinski definition) is 1. The average molecular weight is 492 g/mol. The lowest BCUT2D eigenvalue weighted by atomic mass is 10.1. The van der Waals surface area contributed by atoms with Gasteiger partial charge in [-0.3, -0.25) is 4.79 Å². The summed E-state index contributed by atoms with van der Waals surface area (Å²) in [4.78, 5) is 25.5. The van der Waals surface area contributed by atoms with E-state index in [0.717, 1.165) is 16.5 Å². The zero-order valence-electron chi connectivity index (χ0n) is 18.2. The van der Waals surface area contributed by atoms with E-state index in [1.165, 1.54) is 37.4 Å². The highest BCUT2D eigenvalue weighted by atomic mass is 19.4. The van der Waals surface area contributed by atoms with Crippen molar-refractivity contribution in [2.75, 3.05) is 5.32 Å². The Morgan fingerprint density at radius 3 is 2.49 bits per heavy atom. The van der Waals surface area contributed by atoms with Gasteiger partial charge in [-0.1, -0.05) is 18.2 Å². The Kier molecular flexibility index (Phi) is 6.05. The van der Waals surface area contributed by atoms with Crippen molar-refractivity contribution in [3.63, 3.8) is 0 Å². The van der Waals surface area contributed by atoms with Gasteiger partial charge in [0.2, 0.25) is 0 Å². The van der Waals surface area contributed by atoms with E-state index in [0.29, 0.717) is 23.2 Å². The van der Waals surface area contributed by atoms with Crippen molar-refractivity contribution < 1.29 is 31.5 Å². The van der Waals surface area contributed by atoms with Gasteiger partial charge in [-0.2, -0.15) is 17.9 Å². The largest absolute Gasteiger partial charge is 0.480 e. The molecule has 12 heteroatoms. The second-order valence-corrected chi connectivity index (χ2v) is 7.61. The Bertz CT molecular complexity index is 1470. The summed E-state index contributed by atoms with van der Waals surface area (Å²) in [6, 6.07) is 9.95. The van der Waals surface area contributed by atoms with Crippen molar-refractivity contribution in [2.45, 2.75) is 26.1 Å². The molecule has 1 atom stereocenters. The molecule has 0 fully saturated rings. The van der Waals surface area contributed by atoms with Crippen molar-refractivity contribution in [1.82, 2.24) is 14.2 Å². The number of alkyl halides is 3. The van der Waals surface area contributed by atoms with Gasteiger partial charge in [0.25, 0.3) is 5.91 Å². The molecule has 4 aromatic rings. The van der Waals surface area contributed by atoms with E-state index in [1.54, 1.807) is 6.07 Å². The number of ether oxygens (including phenoxy) is 1. The van der Waals surface area contributed by atoms with E-state index in [4.69, 9.17) is 4.74 Å². The van der Waals surface area contributed by atoms with E-state index in [2.05, 4.69) is 10.4 Å². The molecule has 182 valence electrons. The molecule has 0 spiro atoms. The molecule has 0 aliphatic rings. The summed E-state index contributed by atoms with van der Waals surface area (Å²) in [7, 11) is 0. The molecule has 0 saturated carbocycles. The van der Waals surface area contributed by atoms with E-state index in [9.17, 15) is 27.2 Å². The maximum atomic E-state index is 15.1. The van der Waals surface area contributed by atoms with E-state index in [1.807, 2.05) is 0 Å². The predicted molar refractivity (Wildman–Crippen MR) is 116 cm³/mol. The first-order valence-electron chi connectivity index (χ1n) is 10.2. The summed E-state index contributed by atoms with van der Waals surface area (Å²) in [6.45, 7) is 2.20. The number of carbonyl (C=O) groups excluding carboxylic acids is 1. The van der Waals surface area contributed by atoms with Crippen LogP contribution in [0, 0.1) is 18.6 Å². The number of fused-ring (bicyclic) bond motifs is 1. The van der Waals surface area contributed by atoms with Gasteiger partial charge in [-0.25, -0.2) is 18.0 Å². The number of nitrogens with one attached hydrogen (secondary N) is 1. The third-order valence-corrected chi connectivity index (χ3v) is 5.18. The predicted octanol–water partition coefficient (Wildman–Crippen LogP) is 4.65. The summed E-state index contributed by atoms with van der Waals surface area (Å²) >= 11 is 0. The molecule has 1 amide bonds. The Labute approximate surface area is 194 Å². The number of nitrogens with zero attached hydrogens (tertiary/aromatic N) is 3. The van der Waals surface area contributed by atoms with Gasteiger partial charge >= 0.3 is 11.9 Å². The number of pyridine rings is 1. The maximum absolute atomic E-state index is 15.1. The van der Waals surface area contributed by atoms with Gasteiger partial charge in [0, 0.05) is 12.3 Å². The third-order valence-electron chi connectivity index (χ3n) is 5.18. The van der Waals surface area contributed by atoms with Crippen LogP contribution >= 0.6 is 0 Å². The van der Waals surface area contributed by atoms with Crippen LogP contribution in [0.2, 0.25) is 0 Å². The molecule has 0 aliphatic carbocycles. The van der Waals surface area contributed by atoms with Crippen molar-refractivity contribution in [3.05, 3.63) is 88.0 Å². The van der Waals surface area contributed by atoms with Gasteiger partial charge in [-0.05, 0) is 43.7 Å². The number of anilines is 1. The zero-order chi connectivity index (χ0) is 25.5. The number of carbonyl (C=O) groups is 1. The number of benzene rings is 2. The highest BCUT2D eigenvalue weighted by Crippen LogP contribution is 2.31. The molecule has 0 aliphatic heterocycles. The second kappa shape index (κ2) is 8.85. The quantitative estimate of drug-likeness (QED) is 0.412. The molecule has 1 N–H and O–H groups in total. The van der Waals surface area contributed by atoms with Crippen LogP contribution in [0.5, 0.6) is 5.75 Å². The summed E-state index contributed by atoms with van der Waals surface area (Å²) < 4.78 is 75.6. The van der Waals surface area contributed by atoms with Crippen LogP contribution in [0.25, 0.3) is 11.3 Å². The fourth-order valence-electron chi connectivity index (χ4n) is 3.29. The molecule has 4 rings (SSSR count). The highest BCUT2D eigenvalue weighted by molar-refractivity contribution is 6.06. The lowest BCUT2D eigenvalue weighted by Crippen LogP contribution is -2.32. The second-order valence-electron chi connectivity index (χ2n) is 7.61. The molecular weight excluding hydrogens is 475 g/mol. The van der Waals surface area contributed by atoms with Crippen LogP contribution in [0.1, 0.15) is 22.8 Å². The fourth-order valence-corrected chi connectivity index (χ4v) is 3.29. The molecule has 2 heterocycles. The summed E-state index contributed by atoms with van der Waals surface area (Å²) in [6.07, 6.45) is -5.83. The zero-order valence-corrected chi connectivity index (χ0v) is 18.2. The van der Waals surface area contributed by atoms with Gasteiger partial charge in [0.15, 0.2) is 11.8 Å². The number of aromatic nitrogens is 3. The van der Waals surface area contributed by atoms with Gasteiger partial charge in [0.05, 0.1) is 11.3 Å². The molecule has 35 heavy (non-hydrogen) atoms. The minimum absolute atomic E-state index is 0.153. The van der Waals surface area contributed by atoms with Crippen LogP contribution in [-0.2, 0) is 0 Å². The fraction of sp³-hybridized carbons (Fsp3) is 0.174. The standard InChI is InChI=1S/C23H17F5N4O3/c1-12-6-5-7-15(24)20(12)29-21(33)14-10-16(25)17(11-18(14)35-13(2)23(26,27)28)32-22(34)31-9-4-3-8-19(31)30-32/h3-11,13H,1-2H3,(H,29,33). The molecule has 0 saturated heterocycles. The van der Waals surface area contributed by atoms with Crippen LogP contribution in [0.4, 0.5) is 27.6 Å². The topological polar surface area (TPSA) is 77.6 Å². The highest BCUT2D eigenvalue weighted by Gasteiger charge is 2.39. The number of halogens is 5. The Morgan fingerprint density at radius 1 is 1.09 bits per heavy atom. The number of hydrogen-bond acceptors (Lipinski definition) is 4. The third kappa shape index (κ3) is 4.59. The lowest BCUT2D eigenvalue weighted by molar-refractivity contribution is -0.189. The van der Waals surface area contributed by atoms with Crippen molar-refractivity contribution in [3.8, 4) is 11.4 Å². The smallest absolute Gasteiger partial charge is 0.425 e. The molecule has 0 bridgehead atoms. The first-order valence-corrected chi connectivity index (χ1v) is 10.2. The van der Waals surface area contributed by atoms with Crippen molar-refractivity contribution in [1.29, 1.82) is 0 Å². The van der Waals surface area contributed by atoms with Crippen LogP contribution in [-0.4, -0.2) is 32.4 Å². The minimum atomic E-state index is -4.82. The normalized spacial score (nSPS) is 12.5. The van der Waals surface area contributed by atoms with Crippen molar-refractivity contribution >= 4 is 17.2 Å². The summed E-state index contributed by atoms with van der Waals surface area (Å²) in [5, 5.41) is 6.21. The Hall–Kier alpha value is -4.22. The minimum Gasteiger partial charge on any atom is -0.480 e. The molecule has 2 aromatic heterocycles. The number of rotatable bonds is 5. The Morgan fingerprint density at radius 2 is 1.83 bits per heavy atom. The number of amides is 1. The summed E-state index contributed by atoms with van der Waals surface area (Å²) in [5.41, 5.74) is -1.72. The van der Waals surface area contributed by atoms with E-state index >= 15 is 4.39 Å². The van der Waals surface area contributed by atoms with Gasteiger partial charge in [0.1, 0.15) is 23.1 Å². The first kappa shape index (κ1) is 23.9. The average Bonchev–Trinajstić information content (AvgIpc) is 3.13. The van der Waals surface area contributed by atoms with Crippen LogP contribution in [0.3, 0.4) is 0 Å². The van der Waals surface area contributed by atoms with Gasteiger partial charge in [-0.15, -0.1) is 5.10 Å². The molecule has 1 unspecified atom stereocenters. The molecule has 0 radical (unpaired) electrons. The maximum Gasteiger partial charge on any atom is 0.425 e. The monoisotopic (exact) mass is 492 g/mol. The molecular formula is C23H17F5N4O3. The van der Waals surface area contributed by atoms with Crippen LogP contribution < -0.4 is 15.7 Å². The SMILES string of the molecule is Cc1cccc(F)c1NC(=O)c1cc(F)c(-n2nc3ccccn3c2=O)cc1OC(C)C(F)(F)F. The summed E-state index contributed by atoms with van der Waals surface area (Å²) in [5.74, 6) is -3.73. The van der Waals surface area contributed by atoms with Gasteiger partial charge < -0.3 is 10.1 Å². The first-order chi connectivity index (χ1) is 16.5. The number of aryl methyl sites for hydroxylation is 1. The van der Waals surface area contributed by atoms with E-state index < -0.39 is 52.5 Å². The Balaban J connectivity index is 1.84. The molecule has 7 nitrogen and oxygen atoms in total. The van der Waals surface area contributed by atoms with E-state index in [-0.39, 0.29) is 11.3 Å².